The van der Waals surface area contributed by atoms with Crippen LogP contribution in [0.5, 0.6) is 0 Å². The number of carbonyl (C=O) groups is 1. The third-order valence-corrected chi connectivity index (χ3v) is 5.85. The number of thiophene rings is 1. The number of hydrogen-bond donors (Lipinski definition) is 2. The first-order valence-corrected chi connectivity index (χ1v) is 8.67. The van der Waals surface area contributed by atoms with E-state index in [1.54, 1.807) is 0 Å². The van der Waals surface area contributed by atoms with E-state index in [4.69, 9.17) is 5.11 Å². The molecule has 19 heavy (non-hydrogen) atoms. The molecule has 7 heteroatoms. The second-order valence-electron chi connectivity index (χ2n) is 4.81. The summed E-state index contributed by atoms with van der Waals surface area (Å²) in [6.07, 6.45) is 5.68. The highest BCUT2D eigenvalue weighted by Gasteiger charge is 2.21. The topological polar surface area (TPSA) is 83.5 Å². The maximum absolute atomic E-state index is 12.0. The van der Waals surface area contributed by atoms with Crippen LogP contribution in [-0.4, -0.2) is 26.0 Å². The summed E-state index contributed by atoms with van der Waals surface area (Å²) in [4.78, 5) is 10.8. The van der Waals surface area contributed by atoms with Gasteiger partial charge in [-0.25, -0.2) is 17.9 Å². The fourth-order valence-electron chi connectivity index (χ4n) is 2.27. The Bertz CT molecular complexity index is 544. The van der Waals surface area contributed by atoms with Crippen molar-refractivity contribution in [3.8, 4) is 0 Å². The second kappa shape index (κ2) is 6.02. The van der Waals surface area contributed by atoms with Gasteiger partial charge in [-0.05, 0) is 24.8 Å². The van der Waals surface area contributed by atoms with Gasteiger partial charge >= 0.3 is 5.97 Å². The number of sulfonamides is 1. The van der Waals surface area contributed by atoms with Crippen molar-refractivity contribution < 1.29 is 18.3 Å². The normalized spacial score (nSPS) is 17.5. The fourth-order valence-corrected chi connectivity index (χ4v) is 4.50. The van der Waals surface area contributed by atoms with Crippen LogP contribution < -0.4 is 4.72 Å². The molecule has 1 aromatic rings. The molecule has 0 bridgehead atoms. The molecular formula is C12H17NO4S2. The Hall–Kier alpha value is -0.920. The molecule has 1 aliphatic rings. The van der Waals surface area contributed by atoms with Gasteiger partial charge in [-0.1, -0.05) is 19.3 Å². The monoisotopic (exact) mass is 303 g/mol. The third-order valence-electron chi connectivity index (χ3n) is 3.38. The maximum Gasteiger partial charge on any atom is 0.345 e. The van der Waals surface area contributed by atoms with Crippen molar-refractivity contribution >= 4 is 27.3 Å². The van der Waals surface area contributed by atoms with Crippen LogP contribution in [-0.2, 0) is 10.0 Å². The molecule has 5 nitrogen and oxygen atoms in total. The smallest absolute Gasteiger partial charge is 0.345 e. The predicted octanol–water partition coefficient (Wildman–Crippen LogP) is 2.30. The molecule has 2 rings (SSSR count). The molecule has 1 aliphatic carbocycles. The van der Waals surface area contributed by atoms with Gasteiger partial charge in [0.25, 0.3) is 0 Å². The van der Waals surface area contributed by atoms with Gasteiger partial charge in [0, 0.05) is 11.9 Å². The molecule has 0 atom stereocenters. The van der Waals surface area contributed by atoms with E-state index in [0.29, 0.717) is 12.5 Å². The first kappa shape index (κ1) is 14.5. The van der Waals surface area contributed by atoms with Crippen molar-refractivity contribution in [2.45, 2.75) is 37.0 Å². The minimum absolute atomic E-state index is 0.0399. The zero-order valence-corrected chi connectivity index (χ0v) is 12.1. The summed E-state index contributed by atoms with van der Waals surface area (Å²) in [7, 11) is -3.58. The highest BCUT2D eigenvalue weighted by atomic mass is 32.2. The highest BCUT2D eigenvalue weighted by molar-refractivity contribution is 7.89. The minimum Gasteiger partial charge on any atom is -0.477 e. The van der Waals surface area contributed by atoms with Crippen LogP contribution in [0.25, 0.3) is 0 Å². The average molecular weight is 303 g/mol. The maximum atomic E-state index is 12.0. The predicted molar refractivity (Wildman–Crippen MR) is 73.0 cm³/mol. The summed E-state index contributed by atoms with van der Waals surface area (Å²) in [6.45, 7) is 0.445. The lowest BCUT2D eigenvalue weighted by Crippen LogP contribution is -2.30. The third kappa shape index (κ3) is 3.77. The van der Waals surface area contributed by atoms with E-state index < -0.39 is 16.0 Å². The van der Waals surface area contributed by atoms with Crippen LogP contribution in [0.3, 0.4) is 0 Å². The molecule has 0 radical (unpaired) electrons. The van der Waals surface area contributed by atoms with Gasteiger partial charge in [0.2, 0.25) is 10.0 Å². The first-order valence-electron chi connectivity index (χ1n) is 6.30. The van der Waals surface area contributed by atoms with Crippen LogP contribution >= 0.6 is 11.3 Å². The van der Waals surface area contributed by atoms with Crippen molar-refractivity contribution in [2.75, 3.05) is 6.54 Å². The van der Waals surface area contributed by atoms with E-state index in [1.165, 1.54) is 17.9 Å². The number of hydrogen-bond acceptors (Lipinski definition) is 4. The van der Waals surface area contributed by atoms with Crippen LogP contribution in [0.1, 0.15) is 41.8 Å². The van der Waals surface area contributed by atoms with E-state index in [1.807, 2.05) is 0 Å². The number of nitrogens with one attached hydrogen (secondary N) is 1. The Kier molecular flexibility index (Phi) is 4.59. The summed E-state index contributed by atoms with van der Waals surface area (Å²) in [6, 6.07) is 1.20. The van der Waals surface area contributed by atoms with E-state index in [0.717, 1.165) is 37.0 Å². The van der Waals surface area contributed by atoms with Crippen LogP contribution in [0.15, 0.2) is 16.3 Å². The van der Waals surface area contributed by atoms with Gasteiger partial charge in [0.15, 0.2) is 0 Å². The van der Waals surface area contributed by atoms with Crippen LogP contribution in [0, 0.1) is 5.92 Å². The Morgan fingerprint density at radius 3 is 2.63 bits per heavy atom. The molecule has 0 unspecified atom stereocenters. The highest BCUT2D eigenvalue weighted by Crippen LogP contribution is 2.24. The summed E-state index contributed by atoms with van der Waals surface area (Å²) in [5, 5.41) is 10.2. The molecule has 0 saturated heterocycles. The Labute approximate surface area is 116 Å². The van der Waals surface area contributed by atoms with E-state index >= 15 is 0 Å². The van der Waals surface area contributed by atoms with Crippen molar-refractivity contribution in [1.29, 1.82) is 0 Å². The molecular weight excluding hydrogens is 286 g/mol. The van der Waals surface area contributed by atoms with Gasteiger partial charge < -0.3 is 5.11 Å². The van der Waals surface area contributed by atoms with Gasteiger partial charge in [0.05, 0.1) is 4.90 Å². The lowest BCUT2D eigenvalue weighted by molar-refractivity contribution is 0.0702. The summed E-state index contributed by atoms with van der Waals surface area (Å²) in [5.74, 6) is -0.695. The minimum atomic E-state index is -3.58. The van der Waals surface area contributed by atoms with Gasteiger partial charge in [-0.2, -0.15) is 0 Å². The molecule has 0 aromatic carbocycles. The van der Waals surface area contributed by atoms with Crippen molar-refractivity contribution in [3.05, 3.63) is 16.3 Å². The van der Waals surface area contributed by atoms with Gasteiger partial charge in [-0.15, -0.1) is 11.3 Å². The second-order valence-corrected chi connectivity index (χ2v) is 7.49. The summed E-state index contributed by atoms with van der Waals surface area (Å²) < 4.78 is 26.6. The molecule has 0 spiro atoms. The molecule has 0 aliphatic heterocycles. The Morgan fingerprint density at radius 1 is 1.37 bits per heavy atom. The summed E-state index contributed by atoms with van der Waals surface area (Å²) >= 11 is 0.927. The zero-order valence-electron chi connectivity index (χ0n) is 10.5. The van der Waals surface area contributed by atoms with Crippen LogP contribution in [0.2, 0.25) is 0 Å². The van der Waals surface area contributed by atoms with Crippen molar-refractivity contribution in [3.63, 3.8) is 0 Å². The molecule has 1 aromatic heterocycles. The zero-order chi connectivity index (χ0) is 13.9. The van der Waals surface area contributed by atoms with E-state index in [9.17, 15) is 13.2 Å². The van der Waals surface area contributed by atoms with Crippen LogP contribution in [0.4, 0.5) is 0 Å². The molecule has 1 heterocycles. The largest absolute Gasteiger partial charge is 0.477 e. The standard InChI is InChI=1S/C12H17NO4S2/c14-12(15)11-6-10(8-18-11)19(16,17)13-7-9-4-2-1-3-5-9/h6,8-9,13H,1-5,7H2,(H,14,15). The number of aromatic carboxylic acids is 1. The molecule has 2 N–H and O–H groups in total. The van der Waals surface area contributed by atoms with Crippen molar-refractivity contribution in [1.82, 2.24) is 4.72 Å². The van der Waals surface area contributed by atoms with Gasteiger partial charge in [0.1, 0.15) is 4.88 Å². The number of rotatable bonds is 5. The number of carboxylic acids is 1. The SMILES string of the molecule is O=C(O)c1cc(S(=O)(=O)NCC2CCCCC2)cs1. The Balaban J connectivity index is 1.98. The fraction of sp³-hybridized carbons (Fsp3) is 0.583. The summed E-state index contributed by atoms with van der Waals surface area (Å²) in [5.41, 5.74) is 0. The van der Waals surface area contributed by atoms with Gasteiger partial charge in [-0.3, -0.25) is 0 Å². The number of carboxylic acid groups (broad SMARTS) is 1. The molecule has 0 amide bonds. The van der Waals surface area contributed by atoms with E-state index in [2.05, 4.69) is 4.72 Å². The first-order chi connectivity index (χ1) is 8.99. The van der Waals surface area contributed by atoms with Crippen molar-refractivity contribution in [2.24, 2.45) is 5.92 Å². The lowest BCUT2D eigenvalue weighted by Gasteiger charge is -2.21. The molecule has 1 fully saturated rings. The molecule has 1 saturated carbocycles. The Morgan fingerprint density at radius 2 is 2.05 bits per heavy atom. The van der Waals surface area contributed by atoms with E-state index in [-0.39, 0.29) is 9.77 Å². The lowest BCUT2D eigenvalue weighted by atomic mass is 9.90. The quantitative estimate of drug-likeness (QED) is 0.874. The average Bonchev–Trinajstić information content (AvgIpc) is 2.88. The molecule has 106 valence electrons.